The minimum Gasteiger partial charge on any atom is -0.368 e. The first kappa shape index (κ1) is 15.3. The van der Waals surface area contributed by atoms with Crippen LogP contribution in [-0.4, -0.2) is 26.2 Å². The topological polar surface area (TPSA) is 72.9 Å². The predicted molar refractivity (Wildman–Crippen MR) is 92.2 cm³/mol. The second-order valence-electron chi connectivity index (χ2n) is 5.04. The van der Waals surface area contributed by atoms with Crippen molar-refractivity contribution in [2.75, 3.05) is 17.3 Å². The molecule has 2 N–H and O–H groups in total. The number of imidazole rings is 1. The molecule has 0 unspecified atom stereocenters. The SMILES string of the molecule is CCCN(c1cc(-c2ccc(Cl)cc2)nc(N)n1)n1ccnc1. The lowest BCUT2D eigenvalue weighted by atomic mass is 10.1. The Bertz CT molecular complexity index is 770. The Morgan fingerprint density at radius 2 is 2.00 bits per heavy atom. The van der Waals surface area contributed by atoms with E-state index < -0.39 is 0 Å². The van der Waals surface area contributed by atoms with Crippen LogP contribution in [0.1, 0.15) is 13.3 Å². The number of halogens is 1. The van der Waals surface area contributed by atoms with E-state index in [2.05, 4.69) is 21.9 Å². The average Bonchev–Trinajstić information content (AvgIpc) is 3.06. The van der Waals surface area contributed by atoms with Crippen molar-refractivity contribution in [3.63, 3.8) is 0 Å². The van der Waals surface area contributed by atoms with Crippen molar-refractivity contribution in [1.82, 2.24) is 19.6 Å². The normalized spacial score (nSPS) is 10.7. The fourth-order valence-corrected chi connectivity index (χ4v) is 2.43. The van der Waals surface area contributed by atoms with Crippen LogP contribution in [0.2, 0.25) is 5.02 Å². The molecule has 0 aliphatic rings. The Kier molecular flexibility index (Phi) is 4.43. The standard InChI is InChI=1S/C16H17ClN6/c1-2-8-23(22-9-7-19-11-22)15-10-14(20-16(18)21-15)12-3-5-13(17)6-4-12/h3-7,9-11H,2,8H2,1H3,(H2,18,20,21). The molecule has 0 atom stereocenters. The van der Waals surface area contributed by atoms with Crippen LogP contribution in [0.4, 0.5) is 11.8 Å². The van der Waals surface area contributed by atoms with Gasteiger partial charge in [-0.1, -0.05) is 30.7 Å². The van der Waals surface area contributed by atoms with Gasteiger partial charge in [0.15, 0.2) is 5.82 Å². The Balaban J connectivity index is 2.03. The molecule has 3 aromatic rings. The molecule has 0 saturated carbocycles. The van der Waals surface area contributed by atoms with E-state index in [9.17, 15) is 0 Å². The largest absolute Gasteiger partial charge is 0.368 e. The van der Waals surface area contributed by atoms with E-state index in [-0.39, 0.29) is 5.95 Å². The van der Waals surface area contributed by atoms with Gasteiger partial charge >= 0.3 is 0 Å². The van der Waals surface area contributed by atoms with Crippen molar-refractivity contribution in [2.45, 2.75) is 13.3 Å². The molecule has 0 saturated heterocycles. The van der Waals surface area contributed by atoms with Crippen LogP contribution < -0.4 is 10.7 Å². The molecule has 0 spiro atoms. The summed E-state index contributed by atoms with van der Waals surface area (Å²) >= 11 is 5.94. The van der Waals surface area contributed by atoms with E-state index in [1.165, 1.54) is 0 Å². The van der Waals surface area contributed by atoms with Gasteiger partial charge in [-0.3, -0.25) is 5.01 Å². The van der Waals surface area contributed by atoms with Crippen molar-refractivity contribution in [1.29, 1.82) is 0 Å². The highest BCUT2D eigenvalue weighted by Gasteiger charge is 2.13. The molecule has 0 amide bonds. The molecule has 2 heterocycles. The number of rotatable bonds is 5. The second kappa shape index (κ2) is 6.66. The summed E-state index contributed by atoms with van der Waals surface area (Å²) in [5.74, 6) is 0.955. The average molecular weight is 329 g/mol. The molecule has 2 aromatic heterocycles. The number of benzene rings is 1. The van der Waals surface area contributed by atoms with Crippen LogP contribution in [0.5, 0.6) is 0 Å². The van der Waals surface area contributed by atoms with Gasteiger partial charge in [-0.15, -0.1) is 0 Å². The maximum absolute atomic E-state index is 5.94. The van der Waals surface area contributed by atoms with Crippen molar-refractivity contribution < 1.29 is 0 Å². The molecule has 3 rings (SSSR count). The zero-order chi connectivity index (χ0) is 16.2. The molecule has 7 heteroatoms. The van der Waals surface area contributed by atoms with Gasteiger partial charge in [0.2, 0.25) is 5.95 Å². The smallest absolute Gasteiger partial charge is 0.222 e. The highest BCUT2D eigenvalue weighted by Crippen LogP contribution is 2.24. The first-order chi connectivity index (χ1) is 11.2. The third-order valence-corrected chi connectivity index (χ3v) is 3.59. The summed E-state index contributed by atoms with van der Waals surface area (Å²) < 4.78 is 1.89. The molecule has 0 fully saturated rings. The second-order valence-corrected chi connectivity index (χ2v) is 5.48. The first-order valence-electron chi connectivity index (χ1n) is 7.33. The predicted octanol–water partition coefficient (Wildman–Crippen LogP) is 3.26. The summed E-state index contributed by atoms with van der Waals surface area (Å²) in [5, 5.41) is 2.69. The van der Waals surface area contributed by atoms with Crippen LogP contribution >= 0.6 is 11.6 Å². The van der Waals surface area contributed by atoms with Crippen molar-refractivity contribution in [3.8, 4) is 11.3 Å². The molecule has 0 radical (unpaired) electrons. The number of nitrogens with two attached hydrogens (primary N) is 1. The molecule has 0 aliphatic heterocycles. The Labute approximate surface area is 139 Å². The number of hydrogen-bond acceptors (Lipinski definition) is 5. The van der Waals surface area contributed by atoms with Crippen LogP contribution in [-0.2, 0) is 0 Å². The maximum Gasteiger partial charge on any atom is 0.222 e. The maximum atomic E-state index is 5.94. The van der Waals surface area contributed by atoms with Gasteiger partial charge in [-0.2, -0.15) is 4.98 Å². The van der Waals surface area contributed by atoms with Gasteiger partial charge in [-0.25, -0.2) is 14.6 Å². The van der Waals surface area contributed by atoms with E-state index in [4.69, 9.17) is 17.3 Å². The van der Waals surface area contributed by atoms with E-state index in [1.807, 2.05) is 46.2 Å². The van der Waals surface area contributed by atoms with E-state index in [1.54, 1.807) is 12.5 Å². The monoisotopic (exact) mass is 328 g/mol. The van der Waals surface area contributed by atoms with Crippen molar-refractivity contribution in [3.05, 3.63) is 54.1 Å². The minimum absolute atomic E-state index is 0.230. The molecule has 23 heavy (non-hydrogen) atoms. The number of anilines is 2. The summed E-state index contributed by atoms with van der Waals surface area (Å²) in [6, 6.07) is 9.39. The molecule has 6 nitrogen and oxygen atoms in total. The third kappa shape index (κ3) is 3.43. The molecule has 0 bridgehead atoms. The number of hydrogen-bond donors (Lipinski definition) is 1. The highest BCUT2D eigenvalue weighted by molar-refractivity contribution is 6.30. The van der Waals surface area contributed by atoms with E-state index >= 15 is 0 Å². The quantitative estimate of drug-likeness (QED) is 0.778. The molecular formula is C16H17ClN6. The van der Waals surface area contributed by atoms with Gasteiger partial charge < -0.3 is 5.73 Å². The summed E-state index contributed by atoms with van der Waals surface area (Å²) in [5.41, 5.74) is 7.61. The zero-order valence-electron chi connectivity index (χ0n) is 12.7. The van der Waals surface area contributed by atoms with Gasteiger partial charge in [0.25, 0.3) is 0 Å². The Hall–Kier alpha value is -2.60. The zero-order valence-corrected chi connectivity index (χ0v) is 13.5. The van der Waals surface area contributed by atoms with Crippen LogP contribution in [0.25, 0.3) is 11.3 Å². The van der Waals surface area contributed by atoms with Gasteiger partial charge in [0.1, 0.15) is 6.33 Å². The molecular weight excluding hydrogens is 312 g/mol. The third-order valence-electron chi connectivity index (χ3n) is 3.34. The Morgan fingerprint density at radius 3 is 2.65 bits per heavy atom. The van der Waals surface area contributed by atoms with Gasteiger partial charge in [-0.05, 0) is 18.6 Å². The Morgan fingerprint density at radius 1 is 1.22 bits per heavy atom. The highest BCUT2D eigenvalue weighted by atomic mass is 35.5. The van der Waals surface area contributed by atoms with E-state index in [0.717, 1.165) is 30.0 Å². The summed E-state index contributed by atoms with van der Waals surface area (Å²) in [4.78, 5) is 12.8. The molecule has 1 aromatic carbocycles. The van der Waals surface area contributed by atoms with Gasteiger partial charge in [0, 0.05) is 35.6 Å². The van der Waals surface area contributed by atoms with Crippen LogP contribution in [0.15, 0.2) is 49.1 Å². The van der Waals surface area contributed by atoms with Gasteiger partial charge in [0.05, 0.1) is 5.69 Å². The number of nitrogen functional groups attached to an aromatic ring is 1. The van der Waals surface area contributed by atoms with Crippen molar-refractivity contribution >= 4 is 23.4 Å². The summed E-state index contributed by atoms with van der Waals surface area (Å²) in [7, 11) is 0. The summed E-state index contributed by atoms with van der Waals surface area (Å²) in [6.45, 7) is 2.89. The minimum atomic E-state index is 0.230. The molecule has 0 aliphatic carbocycles. The lowest BCUT2D eigenvalue weighted by Crippen LogP contribution is -2.30. The lowest BCUT2D eigenvalue weighted by molar-refractivity contribution is 0.664. The van der Waals surface area contributed by atoms with Crippen LogP contribution in [0, 0.1) is 0 Å². The molecule has 118 valence electrons. The van der Waals surface area contributed by atoms with Crippen LogP contribution in [0.3, 0.4) is 0 Å². The number of nitrogens with zero attached hydrogens (tertiary/aromatic N) is 5. The summed E-state index contributed by atoms with van der Waals surface area (Å²) in [6.07, 6.45) is 6.29. The first-order valence-corrected chi connectivity index (χ1v) is 7.71. The lowest BCUT2D eigenvalue weighted by Gasteiger charge is -2.24. The number of aromatic nitrogens is 4. The van der Waals surface area contributed by atoms with E-state index in [0.29, 0.717) is 5.02 Å². The van der Waals surface area contributed by atoms with Crippen molar-refractivity contribution in [2.24, 2.45) is 0 Å². The fraction of sp³-hybridized carbons (Fsp3) is 0.188. The fourth-order valence-electron chi connectivity index (χ4n) is 2.31.